The van der Waals surface area contributed by atoms with E-state index in [1.54, 1.807) is 0 Å². The van der Waals surface area contributed by atoms with Crippen molar-refractivity contribution in [1.29, 1.82) is 0 Å². The van der Waals surface area contributed by atoms with Crippen molar-refractivity contribution >= 4 is 17.7 Å². The second-order valence-electron chi connectivity index (χ2n) is 7.22. The molecule has 1 aromatic heterocycles. The summed E-state index contributed by atoms with van der Waals surface area (Å²) in [6.45, 7) is 2.00. The van der Waals surface area contributed by atoms with E-state index in [-0.39, 0.29) is 0 Å². The standard InChI is InChI=1S/C22H25GeN/c1-17(18-11-7-5-8-12-18)20-15-22(19-13-9-6-10-14-19)24-16-21(20)23(2,3)4/h5-17H,1-4H3/i17D. The monoisotopic (exact) mass is 378 g/mol. The van der Waals surface area contributed by atoms with Crippen molar-refractivity contribution in [3.63, 3.8) is 0 Å². The number of hydrogen-bond acceptors (Lipinski definition) is 1. The third kappa shape index (κ3) is 3.62. The van der Waals surface area contributed by atoms with Crippen molar-refractivity contribution in [2.24, 2.45) is 0 Å². The summed E-state index contributed by atoms with van der Waals surface area (Å²) >= 11 is -2.17. The molecule has 0 bridgehead atoms. The molecule has 2 heteroatoms. The zero-order chi connectivity index (χ0) is 18.1. The SMILES string of the molecule is [2H]C(C)(c1ccccc1)c1cc(-c2ccccc2)nc[c]1[Ge]([CH3])([CH3])[CH3]. The zero-order valence-electron chi connectivity index (χ0n) is 15.9. The summed E-state index contributed by atoms with van der Waals surface area (Å²) in [5, 5.41) is 0. The molecule has 0 amide bonds. The number of hydrogen-bond donors (Lipinski definition) is 0. The molecule has 122 valence electrons. The first-order valence-corrected chi connectivity index (χ1v) is 15.8. The van der Waals surface area contributed by atoms with Crippen LogP contribution in [0, 0.1) is 0 Å². The van der Waals surface area contributed by atoms with E-state index in [9.17, 15) is 1.37 Å². The molecule has 0 aliphatic carbocycles. The van der Waals surface area contributed by atoms with E-state index in [0.29, 0.717) is 0 Å². The van der Waals surface area contributed by atoms with Crippen LogP contribution in [0.5, 0.6) is 0 Å². The Kier molecular flexibility index (Phi) is 4.52. The van der Waals surface area contributed by atoms with Crippen LogP contribution in [0.15, 0.2) is 72.9 Å². The summed E-state index contributed by atoms with van der Waals surface area (Å²) in [6.07, 6.45) is 2.04. The second-order valence-corrected chi connectivity index (χ2v) is 17.8. The first-order valence-electron chi connectivity index (χ1n) is 8.92. The Hall–Kier alpha value is -1.87. The van der Waals surface area contributed by atoms with Gasteiger partial charge in [-0.1, -0.05) is 0 Å². The van der Waals surface area contributed by atoms with Crippen molar-refractivity contribution in [2.75, 3.05) is 0 Å². The van der Waals surface area contributed by atoms with Crippen LogP contribution < -0.4 is 4.40 Å². The molecule has 3 aromatic rings. The first kappa shape index (κ1) is 15.6. The van der Waals surface area contributed by atoms with Gasteiger partial charge in [-0.3, -0.25) is 0 Å². The van der Waals surface area contributed by atoms with Gasteiger partial charge in [0.2, 0.25) is 0 Å². The molecule has 24 heavy (non-hydrogen) atoms. The molecule has 0 fully saturated rings. The van der Waals surface area contributed by atoms with Crippen LogP contribution in [0.1, 0.15) is 25.3 Å². The molecule has 0 N–H and O–H groups in total. The van der Waals surface area contributed by atoms with E-state index >= 15 is 0 Å². The van der Waals surface area contributed by atoms with E-state index in [2.05, 4.69) is 47.6 Å². The van der Waals surface area contributed by atoms with E-state index < -0.39 is 19.2 Å². The minimum atomic E-state index is -2.17. The number of benzene rings is 2. The summed E-state index contributed by atoms with van der Waals surface area (Å²) in [6, 6.07) is 22.5. The molecule has 1 unspecified atom stereocenters. The number of pyridine rings is 1. The van der Waals surface area contributed by atoms with Crippen molar-refractivity contribution in [2.45, 2.75) is 30.1 Å². The van der Waals surface area contributed by atoms with Crippen LogP contribution in [-0.2, 0) is 0 Å². The van der Waals surface area contributed by atoms with E-state index in [4.69, 9.17) is 4.98 Å². The van der Waals surface area contributed by atoms with E-state index in [1.807, 2.05) is 49.5 Å². The Bertz CT molecular complexity index is 852. The predicted octanol–water partition coefficient (Wildman–Crippen LogP) is 5.45. The van der Waals surface area contributed by atoms with Crippen LogP contribution in [0.3, 0.4) is 0 Å². The minimum absolute atomic E-state index is 0.790. The van der Waals surface area contributed by atoms with E-state index in [1.165, 1.54) is 4.40 Å². The maximum absolute atomic E-state index is 9.19. The molecule has 0 saturated heterocycles. The fraction of sp³-hybridized carbons (Fsp3) is 0.227. The molecule has 0 saturated carbocycles. The number of rotatable bonds is 4. The molecule has 1 heterocycles. The maximum atomic E-state index is 9.19. The molecule has 2 aromatic carbocycles. The van der Waals surface area contributed by atoms with Crippen molar-refractivity contribution in [3.05, 3.63) is 84.1 Å². The summed E-state index contributed by atoms with van der Waals surface area (Å²) < 4.78 is 10.5. The topological polar surface area (TPSA) is 12.9 Å². The average Bonchev–Trinajstić information content (AvgIpc) is 2.62. The zero-order valence-corrected chi connectivity index (χ0v) is 17.0. The predicted molar refractivity (Wildman–Crippen MR) is 107 cm³/mol. The molecule has 0 spiro atoms. The van der Waals surface area contributed by atoms with Gasteiger partial charge < -0.3 is 0 Å². The van der Waals surface area contributed by atoms with Crippen molar-refractivity contribution in [1.82, 2.24) is 4.98 Å². The molecule has 1 nitrogen and oxygen atoms in total. The van der Waals surface area contributed by atoms with Gasteiger partial charge in [0.05, 0.1) is 0 Å². The van der Waals surface area contributed by atoms with Gasteiger partial charge in [-0.2, -0.15) is 0 Å². The molecular weight excluding hydrogens is 351 g/mol. The van der Waals surface area contributed by atoms with Gasteiger partial charge in [0, 0.05) is 0 Å². The van der Waals surface area contributed by atoms with Crippen LogP contribution in [0.4, 0.5) is 0 Å². The van der Waals surface area contributed by atoms with Gasteiger partial charge in [-0.25, -0.2) is 0 Å². The van der Waals surface area contributed by atoms with E-state index in [0.717, 1.165) is 22.4 Å². The molecule has 3 rings (SSSR count). The second kappa shape index (κ2) is 6.94. The van der Waals surface area contributed by atoms with Crippen molar-refractivity contribution < 1.29 is 1.37 Å². The summed E-state index contributed by atoms with van der Waals surface area (Å²) in [7, 11) is 0. The molecule has 0 aliphatic heterocycles. The van der Waals surface area contributed by atoms with Crippen LogP contribution in [0.25, 0.3) is 11.3 Å². The van der Waals surface area contributed by atoms with Crippen LogP contribution >= 0.6 is 0 Å². The summed E-state index contributed by atoms with van der Waals surface area (Å²) in [4.78, 5) is 4.75. The van der Waals surface area contributed by atoms with Crippen molar-refractivity contribution in [3.8, 4) is 11.3 Å². The quantitative estimate of drug-likeness (QED) is 0.552. The Balaban J connectivity index is 2.22. The fourth-order valence-electron chi connectivity index (χ4n) is 2.97. The van der Waals surface area contributed by atoms with Gasteiger partial charge in [0.15, 0.2) is 0 Å². The third-order valence-corrected chi connectivity index (χ3v) is 8.62. The summed E-state index contributed by atoms with van der Waals surface area (Å²) in [5.74, 6) is 6.30. The Morgan fingerprint density at radius 2 is 1.50 bits per heavy atom. The number of aromatic nitrogens is 1. The molecule has 0 aliphatic rings. The van der Waals surface area contributed by atoms with Crippen LogP contribution in [0.2, 0.25) is 17.3 Å². The Morgan fingerprint density at radius 3 is 2.08 bits per heavy atom. The summed E-state index contributed by atoms with van der Waals surface area (Å²) in [5.41, 5.74) is 4.16. The third-order valence-electron chi connectivity index (χ3n) is 4.39. The number of nitrogens with zero attached hydrogens (tertiary/aromatic N) is 1. The Morgan fingerprint density at radius 1 is 0.917 bits per heavy atom. The van der Waals surface area contributed by atoms with Crippen LogP contribution in [-0.4, -0.2) is 18.3 Å². The van der Waals surface area contributed by atoms with Gasteiger partial charge in [0.1, 0.15) is 0 Å². The van der Waals surface area contributed by atoms with Gasteiger partial charge >= 0.3 is 149 Å². The molecule has 1 atom stereocenters. The van der Waals surface area contributed by atoms with Gasteiger partial charge in [-0.15, -0.1) is 0 Å². The Labute approximate surface area is 149 Å². The molecular formula is C22H25GeN. The first-order chi connectivity index (χ1) is 11.8. The average molecular weight is 377 g/mol. The molecule has 0 radical (unpaired) electrons. The van der Waals surface area contributed by atoms with Gasteiger partial charge in [-0.05, 0) is 0 Å². The fourth-order valence-corrected chi connectivity index (χ4v) is 6.16. The normalized spacial score (nSPS) is 14.8. The van der Waals surface area contributed by atoms with Gasteiger partial charge in [0.25, 0.3) is 0 Å².